The fraction of sp³-hybridized carbons (Fsp3) is 0.308. The smallest absolute Gasteiger partial charge is 0.338 e. The maximum absolute atomic E-state index is 12.7. The minimum absolute atomic E-state index is 0.0623. The Labute approximate surface area is 208 Å². The van der Waals surface area contributed by atoms with Crippen LogP contribution < -0.4 is 11.5 Å². The van der Waals surface area contributed by atoms with Crippen LogP contribution in [0.2, 0.25) is 0 Å². The molecule has 0 bridgehead atoms. The van der Waals surface area contributed by atoms with Gasteiger partial charge in [-0.1, -0.05) is 24.3 Å². The van der Waals surface area contributed by atoms with E-state index in [0.717, 1.165) is 0 Å². The molecule has 10 nitrogen and oxygen atoms in total. The van der Waals surface area contributed by atoms with Crippen LogP contribution in [0.3, 0.4) is 0 Å². The number of carbonyl (C=O) groups is 2. The van der Waals surface area contributed by atoms with Gasteiger partial charge in [-0.2, -0.15) is 10.5 Å². The van der Waals surface area contributed by atoms with Crippen LogP contribution in [0.4, 0.5) is 0 Å². The monoisotopic (exact) mass is 490 g/mol. The van der Waals surface area contributed by atoms with Gasteiger partial charge in [0, 0.05) is 0 Å². The summed E-state index contributed by atoms with van der Waals surface area (Å²) in [4.78, 5) is 25.5. The summed E-state index contributed by atoms with van der Waals surface area (Å²) in [5, 5.41) is 19.5. The van der Waals surface area contributed by atoms with Gasteiger partial charge in [0.2, 0.25) is 11.8 Å². The number of esters is 2. The second-order valence-corrected chi connectivity index (χ2v) is 7.90. The van der Waals surface area contributed by atoms with Gasteiger partial charge in [-0.3, -0.25) is 0 Å². The van der Waals surface area contributed by atoms with Crippen LogP contribution in [0.25, 0.3) is 0 Å². The SMILES string of the molecule is CCOC(=O)C1=C(C)OC(N)=C(C#N)C1c1ccc(C2C(C#N)=C(N)OC(C)=C2C(=O)OCC)cc1. The summed E-state index contributed by atoms with van der Waals surface area (Å²) >= 11 is 0. The van der Waals surface area contributed by atoms with E-state index in [0.29, 0.717) is 11.1 Å². The average Bonchev–Trinajstić information content (AvgIpc) is 2.83. The number of nitrogens with two attached hydrogens (primary N) is 2. The third-order valence-corrected chi connectivity index (χ3v) is 5.81. The fourth-order valence-electron chi connectivity index (χ4n) is 4.26. The Morgan fingerprint density at radius 1 is 0.806 bits per heavy atom. The van der Waals surface area contributed by atoms with Crippen molar-refractivity contribution in [2.45, 2.75) is 39.5 Å². The van der Waals surface area contributed by atoms with E-state index in [9.17, 15) is 20.1 Å². The fourth-order valence-corrected chi connectivity index (χ4v) is 4.26. The standard InChI is InChI=1S/C26H26N4O6/c1-5-33-25(31)19-13(3)35-23(29)17(11-27)21(19)15-7-9-16(10-8-15)22-18(12-28)24(30)36-14(4)20(22)26(32)34-6-2/h7-10,21-22H,5-6,29-30H2,1-4H3. The molecular weight excluding hydrogens is 464 g/mol. The number of allylic oxidation sites excluding steroid dienone is 4. The highest BCUT2D eigenvalue weighted by molar-refractivity contribution is 5.93. The number of hydrogen-bond acceptors (Lipinski definition) is 10. The maximum atomic E-state index is 12.7. The summed E-state index contributed by atoms with van der Waals surface area (Å²) in [7, 11) is 0. The summed E-state index contributed by atoms with van der Waals surface area (Å²) in [5.41, 5.74) is 13.5. The second-order valence-electron chi connectivity index (χ2n) is 7.90. The number of ether oxygens (including phenoxy) is 4. The molecule has 2 unspecified atom stereocenters. The molecule has 1 aromatic carbocycles. The molecule has 186 valence electrons. The Balaban J connectivity index is 2.13. The van der Waals surface area contributed by atoms with Crippen LogP contribution in [0.1, 0.15) is 50.7 Å². The van der Waals surface area contributed by atoms with E-state index in [1.807, 2.05) is 12.1 Å². The highest BCUT2D eigenvalue weighted by Crippen LogP contribution is 2.42. The van der Waals surface area contributed by atoms with E-state index >= 15 is 0 Å². The number of nitrogens with zero attached hydrogens (tertiary/aromatic N) is 2. The first-order valence-corrected chi connectivity index (χ1v) is 11.2. The Kier molecular flexibility index (Phi) is 7.70. The predicted octanol–water partition coefficient (Wildman–Crippen LogP) is 2.98. The zero-order valence-corrected chi connectivity index (χ0v) is 20.4. The third-order valence-electron chi connectivity index (χ3n) is 5.81. The van der Waals surface area contributed by atoms with Gasteiger partial charge in [0.1, 0.15) is 34.8 Å². The molecule has 0 aromatic heterocycles. The lowest BCUT2D eigenvalue weighted by Crippen LogP contribution is -2.26. The van der Waals surface area contributed by atoms with Crippen molar-refractivity contribution >= 4 is 11.9 Å². The quantitative estimate of drug-likeness (QED) is 0.565. The Bertz CT molecular complexity index is 1200. The van der Waals surface area contributed by atoms with Gasteiger partial charge in [0.15, 0.2) is 0 Å². The average molecular weight is 491 g/mol. The molecule has 2 heterocycles. The topological polar surface area (TPSA) is 171 Å². The highest BCUT2D eigenvalue weighted by atomic mass is 16.5. The first-order valence-electron chi connectivity index (χ1n) is 11.2. The molecule has 4 N–H and O–H groups in total. The van der Waals surface area contributed by atoms with E-state index < -0.39 is 23.8 Å². The van der Waals surface area contributed by atoms with Gasteiger partial charge >= 0.3 is 11.9 Å². The molecule has 0 saturated heterocycles. The van der Waals surface area contributed by atoms with Crippen LogP contribution in [-0.2, 0) is 28.5 Å². The Morgan fingerprint density at radius 2 is 1.14 bits per heavy atom. The summed E-state index contributed by atoms with van der Waals surface area (Å²) in [6.07, 6.45) is 0. The maximum Gasteiger partial charge on any atom is 0.338 e. The lowest BCUT2D eigenvalue weighted by atomic mass is 9.80. The summed E-state index contributed by atoms with van der Waals surface area (Å²) < 4.78 is 21.3. The minimum Gasteiger partial charge on any atom is -0.463 e. The van der Waals surface area contributed by atoms with Crippen molar-refractivity contribution in [3.8, 4) is 12.1 Å². The van der Waals surface area contributed by atoms with E-state index in [2.05, 4.69) is 0 Å². The first-order chi connectivity index (χ1) is 17.2. The van der Waals surface area contributed by atoms with Crippen LogP contribution >= 0.6 is 0 Å². The normalized spacial score (nSPS) is 19.7. The van der Waals surface area contributed by atoms with Gasteiger partial charge in [0.05, 0.1) is 36.2 Å². The van der Waals surface area contributed by atoms with Crippen molar-refractivity contribution < 1.29 is 28.5 Å². The van der Waals surface area contributed by atoms with E-state index in [-0.39, 0.29) is 58.8 Å². The molecule has 0 spiro atoms. The zero-order valence-electron chi connectivity index (χ0n) is 20.4. The molecule has 2 aliphatic heterocycles. The highest BCUT2D eigenvalue weighted by Gasteiger charge is 2.38. The number of nitriles is 2. The summed E-state index contributed by atoms with van der Waals surface area (Å²) in [5.74, 6) is -2.66. The van der Waals surface area contributed by atoms with Gasteiger partial charge in [-0.25, -0.2) is 9.59 Å². The lowest BCUT2D eigenvalue weighted by molar-refractivity contribution is -0.140. The third kappa shape index (κ3) is 4.62. The number of hydrogen-bond donors (Lipinski definition) is 2. The molecule has 2 aliphatic rings. The molecule has 0 amide bonds. The molecule has 0 radical (unpaired) electrons. The second kappa shape index (κ2) is 10.7. The van der Waals surface area contributed by atoms with E-state index in [1.165, 1.54) is 0 Å². The van der Waals surface area contributed by atoms with Crippen molar-refractivity contribution in [2.75, 3.05) is 13.2 Å². The van der Waals surface area contributed by atoms with Crippen molar-refractivity contribution in [1.29, 1.82) is 10.5 Å². The van der Waals surface area contributed by atoms with Gasteiger partial charge in [0.25, 0.3) is 0 Å². The van der Waals surface area contributed by atoms with Crippen LogP contribution in [0.15, 0.2) is 69.8 Å². The summed E-state index contributed by atoms with van der Waals surface area (Å²) in [6, 6.07) is 10.8. The minimum atomic E-state index is -0.829. The van der Waals surface area contributed by atoms with Gasteiger partial charge in [-0.05, 0) is 38.8 Å². The molecule has 10 heteroatoms. The Hall–Kier alpha value is -4.70. The van der Waals surface area contributed by atoms with Crippen molar-refractivity contribution in [3.63, 3.8) is 0 Å². The first kappa shape index (κ1) is 25.9. The molecule has 36 heavy (non-hydrogen) atoms. The number of rotatable bonds is 6. The van der Waals surface area contributed by atoms with E-state index in [1.54, 1.807) is 52.0 Å². The molecule has 0 saturated carbocycles. The number of benzene rings is 1. The molecule has 2 atom stereocenters. The van der Waals surface area contributed by atoms with Crippen LogP contribution in [0, 0.1) is 22.7 Å². The van der Waals surface area contributed by atoms with Crippen molar-refractivity contribution in [2.24, 2.45) is 11.5 Å². The van der Waals surface area contributed by atoms with Gasteiger partial charge in [-0.15, -0.1) is 0 Å². The van der Waals surface area contributed by atoms with Crippen LogP contribution in [-0.4, -0.2) is 25.2 Å². The predicted molar refractivity (Wildman–Crippen MR) is 126 cm³/mol. The van der Waals surface area contributed by atoms with Crippen molar-refractivity contribution in [3.05, 3.63) is 81.0 Å². The largest absolute Gasteiger partial charge is 0.463 e. The van der Waals surface area contributed by atoms with E-state index in [4.69, 9.17) is 30.4 Å². The molecule has 3 rings (SSSR count). The zero-order chi connectivity index (χ0) is 26.6. The van der Waals surface area contributed by atoms with Gasteiger partial charge < -0.3 is 30.4 Å². The van der Waals surface area contributed by atoms with Crippen LogP contribution in [0.5, 0.6) is 0 Å². The molecule has 0 aliphatic carbocycles. The molecular formula is C26H26N4O6. The molecule has 1 aromatic rings. The summed E-state index contributed by atoms with van der Waals surface area (Å²) in [6.45, 7) is 6.77. The molecule has 0 fully saturated rings. The Morgan fingerprint density at radius 3 is 1.42 bits per heavy atom. The lowest BCUT2D eigenvalue weighted by Gasteiger charge is -2.28. The number of carbonyl (C=O) groups excluding carboxylic acids is 2. The van der Waals surface area contributed by atoms with Crippen molar-refractivity contribution in [1.82, 2.24) is 0 Å².